The van der Waals surface area contributed by atoms with Gasteiger partial charge in [0.2, 0.25) is 0 Å². The maximum atomic E-state index is 14.5. The van der Waals surface area contributed by atoms with Gasteiger partial charge >= 0.3 is 11.8 Å². The number of piperazine rings is 1. The van der Waals surface area contributed by atoms with E-state index in [1.165, 1.54) is 85.1 Å². The normalized spacial score (nSPS) is 32.4. The third-order valence-corrected chi connectivity index (χ3v) is 13.5. The van der Waals surface area contributed by atoms with E-state index in [4.69, 9.17) is 18.9 Å². The van der Waals surface area contributed by atoms with E-state index in [0.29, 0.717) is 19.1 Å². The molecule has 4 aliphatic heterocycles. The van der Waals surface area contributed by atoms with Gasteiger partial charge in [-0.05, 0) is 32.8 Å². The van der Waals surface area contributed by atoms with Crippen molar-refractivity contribution < 1.29 is 58.9 Å². The minimum absolute atomic E-state index is 0.0631. The van der Waals surface area contributed by atoms with Crippen LogP contribution in [0.3, 0.4) is 0 Å². The molecule has 9 atom stereocenters. The molecule has 2 aromatic carbocycles. The Kier molecular flexibility index (Phi) is 14.5. The number of nitrogens with one attached hydrogen (secondary N) is 1. The van der Waals surface area contributed by atoms with Gasteiger partial charge in [-0.2, -0.15) is 5.10 Å². The number of carbonyl (C=O) groups excluding carboxylic acids is 3. The quantitative estimate of drug-likeness (QED) is 0.0926. The lowest BCUT2D eigenvalue weighted by Gasteiger charge is -2.38. The van der Waals surface area contributed by atoms with Crippen molar-refractivity contribution in [3.8, 4) is 23.0 Å². The number of aromatic hydroxyl groups is 3. The van der Waals surface area contributed by atoms with E-state index in [1.54, 1.807) is 39.8 Å². The molecule has 344 valence electrons. The number of hydrogen-bond donors (Lipinski definition) is 6. The number of amides is 1. The number of methoxy groups -OCH3 is 1. The first-order valence-electron chi connectivity index (χ1n) is 21.9. The molecule has 1 aliphatic carbocycles. The van der Waals surface area contributed by atoms with Crippen molar-refractivity contribution in [1.29, 1.82) is 0 Å². The van der Waals surface area contributed by atoms with Crippen LogP contribution in [0.1, 0.15) is 95.6 Å². The highest BCUT2D eigenvalue weighted by Crippen LogP contribution is 2.55. The third kappa shape index (κ3) is 9.40. The van der Waals surface area contributed by atoms with E-state index in [2.05, 4.69) is 15.3 Å². The summed E-state index contributed by atoms with van der Waals surface area (Å²) in [6.45, 7) is 15.4. The van der Waals surface area contributed by atoms with E-state index in [9.17, 15) is 39.9 Å². The Morgan fingerprint density at radius 3 is 2.22 bits per heavy atom. The molecule has 0 aromatic heterocycles. The number of hydrazone groups is 1. The zero-order chi connectivity index (χ0) is 46.1. The van der Waals surface area contributed by atoms with Crippen LogP contribution in [0.25, 0.3) is 10.8 Å². The number of fused-ring (bicyclic) bond motifs is 14. The van der Waals surface area contributed by atoms with Crippen LogP contribution in [0.2, 0.25) is 0 Å². The summed E-state index contributed by atoms with van der Waals surface area (Å²) < 4.78 is 23.7. The van der Waals surface area contributed by atoms with Gasteiger partial charge < -0.3 is 49.8 Å². The number of Topliss-reactive ketones (excluding diaryl/α,β-unsaturated/α-hetero) is 1. The molecular weight excluding hydrogens is 813 g/mol. The molecule has 0 spiro atoms. The topological polar surface area (TPSA) is 220 Å². The van der Waals surface area contributed by atoms with Crippen LogP contribution in [0.4, 0.5) is 5.69 Å². The fourth-order valence-electron chi connectivity index (χ4n) is 9.47. The SMILES string of the molecule is COC1/C=C/O[C@@]2(C)Oc3c(C)c(O)c4c(O)c(c(/C=N/N5CCN(C6CCCC6)CC5)c(O)c4c3C2=O)NC(=O)/C(C)=C\C=C\C(C)[C@H](O)C(C)[C@@H](O)C(C)C(OC(C)=O)C1C. The summed E-state index contributed by atoms with van der Waals surface area (Å²) in [4.78, 5) is 43.2. The molecule has 2 aromatic rings. The van der Waals surface area contributed by atoms with Crippen molar-refractivity contribution in [1.82, 2.24) is 9.91 Å². The number of benzene rings is 2. The first kappa shape index (κ1) is 47.3. The number of aliphatic hydroxyl groups excluding tert-OH is 2. The Bertz CT molecular complexity index is 2190. The Labute approximate surface area is 368 Å². The Balaban J connectivity index is 1.47. The second-order valence-corrected chi connectivity index (χ2v) is 17.8. The summed E-state index contributed by atoms with van der Waals surface area (Å²) in [6, 6.07) is 0.553. The Morgan fingerprint density at radius 2 is 1.59 bits per heavy atom. The van der Waals surface area contributed by atoms with Crippen molar-refractivity contribution in [3.05, 3.63) is 52.8 Å². The minimum atomic E-state index is -2.04. The highest BCUT2D eigenvalue weighted by atomic mass is 16.7. The molecule has 5 aliphatic rings. The van der Waals surface area contributed by atoms with Gasteiger partial charge in [0.15, 0.2) is 5.75 Å². The molecule has 6 unspecified atom stereocenters. The van der Waals surface area contributed by atoms with Gasteiger partial charge in [0.1, 0.15) is 23.4 Å². The molecule has 1 amide bonds. The number of esters is 1. The van der Waals surface area contributed by atoms with Crippen molar-refractivity contribution in [2.75, 3.05) is 38.6 Å². The van der Waals surface area contributed by atoms with Gasteiger partial charge in [0.05, 0.1) is 53.0 Å². The van der Waals surface area contributed by atoms with Gasteiger partial charge in [-0.25, -0.2) is 0 Å². The number of allylic oxidation sites excluding steroid dienone is 2. The Hall–Kier alpha value is -5.16. The second kappa shape index (κ2) is 19.3. The van der Waals surface area contributed by atoms with Gasteiger partial charge in [0, 0.05) is 93.4 Å². The number of phenolic OH excluding ortho intramolecular Hbond substituents is 3. The summed E-state index contributed by atoms with van der Waals surface area (Å²) in [5.41, 5.74) is -0.293. The van der Waals surface area contributed by atoms with Gasteiger partial charge in [0.25, 0.3) is 11.7 Å². The minimum Gasteiger partial charge on any atom is -0.507 e. The van der Waals surface area contributed by atoms with Gasteiger partial charge in [-0.3, -0.25) is 24.3 Å². The summed E-state index contributed by atoms with van der Waals surface area (Å²) in [5, 5.41) is 67.6. The highest BCUT2D eigenvalue weighted by molar-refractivity contribution is 6.23. The molecule has 7 rings (SSSR count). The Morgan fingerprint density at radius 1 is 0.921 bits per heavy atom. The number of rotatable bonds is 5. The van der Waals surface area contributed by atoms with Crippen LogP contribution in [0.5, 0.6) is 23.0 Å². The van der Waals surface area contributed by atoms with E-state index >= 15 is 0 Å². The molecule has 2 fully saturated rings. The molecule has 1 saturated carbocycles. The fraction of sp³-hybridized carbons (Fsp3) is 0.574. The zero-order valence-corrected chi connectivity index (χ0v) is 37.8. The van der Waals surface area contributed by atoms with Crippen molar-refractivity contribution >= 4 is 40.3 Å². The lowest BCUT2D eigenvalue weighted by atomic mass is 9.78. The number of aliphatic hydroxyl groups is 2. The third-order valence-electron chi connectivity index (χ3n) is 13.5. The van der Waals surface area contributed by atoms with E-state index in [1.807, 2.05) is 5.01 Å². The molecule has 63 heavy (non-hydrogen) atoms. The van der Waals surface area contributed by atoms with Crippen LogP contribution in [0, 0.1) is 30.6 Å². The summed E-state index contributed by atoms with van der Waals surface area (Å²) >= 11 is 0. The van der Waals surface area contributed by atoms with E-state index < -0.39 is 88.8 Å². The van der Waals surface area contributed by atoms with Crippen LogP contribution in [-0.4, -0.2) is 129 Å². The lowest BCUT2D eigenvalue weighted by Crippen LogP contribution is -2.47. The first-order chi connectivity index (χ1) is 29.8. The molecule has 1 saturated heterocycles. The number of nitrogens with zero attached hydrogens (tertiary/aromatic N) is 3. The van der Waals surface area contributed by atoms with Crippen molar-refractivity contribution in [2.24, 2.45) is 28.8 Å². The van der Waals surface area contributed by atoms with E-state index in [0.717, 1.165) is 13.1 Å². The summed E-state index contributed by atoms with van der Waals surface area (Å²) in [6.07, 6.45) is 9.75. The lowest BCUT2D eigenvalue weighted by molar-refractivity contribution is -0.160. The number of ether oxygens (including phenoxy) is 4. The van der Waals surface area contributed by atoms with Crippen LogP contribution in [0.15, 0.2) is 41.2 Å². The molecule has 5 bridgehead atoms. The highest BCUT2D eigenvalue weighted by Gasteiger charge is 2.50. The zero-order valence-electron chi connectivity index (χ0n) is 37.8. The largest absolute Gasteiger partial charge is 0.507 e. The molecule has 0 radical (unpaired) electrons. The van der Waals surface area contributed by atoms with Crippen molar-refractivity contribution in [2.45, 2.75) is 117 Å². The van der Waals surface area contributed by atoms with Crippen LogP contribution in [-0.2, 0) is 23.8 Å². The van der Waals surface area contributed by atoms with Gasteiger partial charge in [-0.1, -0.05) is 58.8 Å². The summed E-state index contributed by atoms with van der Waals surface area (Å²) in [7, 11) is 1.44. The van der Waals surface area contributed by atoms with Crippen molar-refractivity contribution in [3.63, 3.8) is 0 Å². The van der Waals surface area contributed by atoms with Crippen LogP contribution >= 0.6 is 0 Å². The van der Waals surface area contributed by atoms with E-state index in [-0.39, 0.29) is 44.5 Å². The number of ketones is 1. The molecule has 6 N–H and O–H groups in total. The molecule has 16 heteroatoms. The predicted octanol–water partition coefficient (Wildman–Crippen LogP) is 5.65. The fourth-order valence-corrected chi connectivity index (χ4v) is 9.47. The molecule has 16 nitrogen and oxygen atoms in total. The number of hydrogen-bond acceptors (Lipinski definition) is 15. The summed E-state index contributed by atoms with van der Waals surface area (Å²) in [5.74, 6) is -8.28. The number of anilines is 1. The van der Waals surface area contributed by atoms with Gasteiger partial charge in [-0.15, -0.1) is 0 Å². The maximum Gasteiger partial charge on any atom is 0.312 e. The predicted molar refractivity (Wildman–Crippen MR) is 237 cm³/mol. The molecular formula is C47H64N4O12. The first-order valence-corrected chi connectivity index (χ1v) is 21.9. The number of carbonyl (C=O) groups is 3. The number of phenols is 3. The maximum absolute atomic E-state index is 14.5. The monoisotopic (exact) mass is 876 g/mol. The average molecular weight is 877 g/mol. The van der Waals surface area contributed by atoms with Crippen LogP contribution < -0.4 is 10.1 Å². The average Bonchev–Trinajstić information content (AvgIpc) is 3.89. The standard InChI is InChI=1S/C47H64N4O12/c1-24-13-12-14-25(2)46(59)49-37-32(23-48-51-20-18-50(19-21-51)31-15-10-11-16-31)41(56)34-35(42(37)57)40(55)29(6)44-36(34)45(58)47(8,63-44)61-22-17-33(60-9)26(3)43(62-30(7)52)28(5)39(54)27(4)38(24)53/h12-14,17,22-24,26-28,31,33,38-39,43,53-57H,10-11,15-16,18-21H2,1-9H3,(H,49,59)/b13-12+,22-17+,25-14-,48-23+/t24?,26?,27?,28?,33?,38-,39+,43?,47-/m0/s1. The second-order valence-electron chi connectivity index (χ2n) is 17.8. The smallest absolute Gasteiger partial charge is 0.312 e. The molecule has 4 heterocycles.